The molecule has 1 aromatic carbocycles. The van der Waals surface area contributed by atoms with Crippen LogP contribution in [-0.2, 0) is 13.5 Å². The summed E-state index contributed by atoms with van der Waals surface area (Å²) in [6, 6.07) is 5.52. The van der Waals surface area contributed by atoms with Crippen molar-refractivity contribution in [3.05, 3.63) is 41.7 Å². The number of fused-ring (bicyclic) bond motifs is 1. The Kier molecular flexibility index (Phi) is 4.08. The minimum Gasteiger partial charge on any atom is -0.454 e. The van der Waals surface area contributed by atoms with E-state index in [0.717, 1.165) is 24.3 Å². The second-order valence-corrected chi connectivity index (χ2v) is 5.10. The number of aryl methyl sites for hydroxylation is 1. The highest BCUT2D eigenvalue weighted by molar-refractivity contribution is 5.45. The van der Waals surface area contributed by atoms with E-state index in [1.165, 1.54) is 5.56 Å². The van der Waals surface area contributed by atoms with Crippen molar-refractivity contribution in [2.75, 3.05) is 19.9 Å². The molecule has 21 heavy (non-hydrogen) atoms. The lowest BCUT2D eigenvalue weighted by molar-refractivity contribution is 0.170. The number of nitrogens with one attached hydrogen (secondary N) is 1. The lowest BCUT2D eigenvalue weighted by atomic mass is 10.1. The molecule has 1 aromatic heterocycles. The molecule has 2 N–H and O–H groups in total. The van der Waals surface area contributed by atoms with Crippen LogP contribution in [0.4, 0.5) is 0 Å². The monoisotopic (exact) mass is 289 g/mol. The Hall–Kier alpha value is -2.05. The number of nitrogens with zero attached hydrogens (tertiary/aromatic N) is 2. The Balaban J connectivity index is 1.46. The standard InChI is InChI=1S/C15H19N3O3/c1-18-9-11(7-17-18)4-5-16-8-13(19)12-2-3-14-15(6-12)21-10-20-14/h2-3,6-7,9,13,16,19H,4-5,8,10H2,1H3. The van der Waals surface area contributed by atoms with Crippen LogP contribution in [0.5, 0.6) is 11.5 Å². The zero-order valence-electron chi connectivity index (χ0n) is 12.0. The van der Waals surface area contributed by atoms with Gasteiger partial charge in [-0.05, 0) is 36.2 Å². The lowest BCUT2D eigenvalue weighted by Crippen LogP contribution is -2.23. The average molecular weight is 289 g/mol. The Morgan fingerprint density at radius 3 is 3.05 bits per heavy atom. The molecule has 112 valence electrons. The second kappa shape index (κ2) is 6.15. The molecule has 1 aliphatic heterocycles. The number of aliphatic hydroxyl groups excluding tert-OH is 1. The van der Waals surface area contributed by atoms with E-state index in [1.807, 2.05) is 37.6 Å². The van der Waals surface area contributed by atoms with Crippen LogP contribution in [0.15, 0.2) is 30.6 Å². The molecular formula is C15H19N3O3. The first kappa shape index (κ1) is 13.9. The number of aliphatic hydroxyl groups is 1. The van der Waals surface area contributed by atoms with Gasteiger partial charge in [-0.15, -0.1) is 0 Å². The fourth-order valence-corrected chi connectivity index (χ4v) is 2.31. The van der Waals surface area contributed by atoms with Gasteiger partial charge < -0.3 is 19.9 Å². The first-order valence-electron chi connectivity index (χ1n) is 6.98. The van der Waals surface area contributed by atoms with E-state index in [2.05, 4.69) is 10.4 Å². The van der Waals surface area contributed by atoms with Gasteiger partial charge in [-0.25, -0.2) is 0 Å². The second-order valence-electron chi connectivity index (χ2n) is 5.10. The maximum Gasteiger partial charge on any atom is 0.231 e. The van der Waals surface area contributed by atoms with Crippen LogP contribution in [0.1, 0.15) is 17.2 Å². The summed E-state index contributed by atoms with van der Waals surface area (Å²) in [5, 5.41) is 17.6. The molecule has 1 unspecified atom stereocenters. The number of ether oxygens (including phenoxy) is 2. The van der Waals surface area contributed by atoms with Gasteiger partial charge in [-0.1, -0.05) is 6.07 Å². The fourth-order valence-electron chi connectivity index (χ4n) is 2.31. The van der Waals surface area contributed by atoms with Crippen LogP contribution < -0.4 is 14.8 Å². The molecule has 0 bridgehead atoms. The SMILES string of the molecule is Cn1cc(CCNCC(O)c2ccc3c(c2)OCO3)cn1. The van der Waals surface area contributed by atoms with Crippen LogP contribution in [-0.4, -0.2) is 34.8 Å². The molecule has 2 aromatic rings. The Morgan fingerprint density at radius 2 is 2.24 bits per heavy atom. The minimum absolute atomic E-state index is 0.248. The van der Waals surface area contributed by atoms with Gasteiger partial charge >= 0.3 is 0 Å². The number of hydrogen-bond acceptors (Lipinski definition) is 5. The van der Waals surface area contributed by atoms with E-state index in [4.69, 9.17) is 9.47 Å². The van der Waals surface area contributed by atoms with Crippen LogP contribution in [0.25, 0.3) is 0 Å². The highest BCUT2D eigenvalue weighted by Gasteiger charge is 2.16. The van der Waals surface area contributed by atoms with Crippen molar-refractivity contribution in [2.45, 2.75) is 12.5 Å². The van der Waals surface area contributed by atoms with Gasteiger partial charge in [0.05, 0.1) is 12.3 Å². The lowest BCUT2D eigenvalue weighted by Gasteiger charge is -2.12. The zero-order valence-corrected chi connectivity index (χ0v) is 12.0. The molecule has 0 aliphatic carbocycles. The molecule has 3 rings (SSSR count). The highest BCUT2D eigenvalue weighted by atomic mass is 16.7. The zero-order chi connectivity index (χ0) is 14.7. The summed E-state index contributed by atoms with van der Waals surface area (Å²) in [7, 11) is 1.90. The molecule has 0 spiro atoms. The number of aromatic nitrogens is 2. The third-order valence-electron chi connectivity index (χ3n) is 3.47. The summed E-state index contributed by atoms with van der Waals surface area (Å²) < 4.78 is 12.4. The summed E-state index contributed by atoms with van der Waals surface area (Å²) in [5.41, 5.74) is 2.01. The van der Waals surface area contributed by atoms with Gasteiger partial charge in [0.25, 0.3) is 0 Å². The van der Waals surface area contributed by atoms with Gasteiger partial charge in [0.15, 0.2) is 11.5 Å². The minimum atomic E-state index is -0.562. The fraction of sp³-hybridized carbons (Fsp3) is 0.400. The van der Waals surface area contributed by atoms with Gasteiger partial charge in [0, 0.05) is 19.8 Å². The first-order chi connectivity index (χ1) is 10.2. The Labute approximate surface area is 123 Å². The Morgan fingerprint density at radius 1 is 1.38 bits per heavy atom. The van der Waals surface area contributed by atoms with Crippen molar-refractivity contribution < 1.29 is 14.6 Å². The van der Waals surface area contributed by atoms with Crippen molar-refractivity contribution >= 4 is 0 Å². The van der Waals surface area contributed by atoms with E-state index < -0.39 is 6.10 Å². The molecule has 0 radical (unpaired) electrons. The molecule has 1 aliphatic rings. The van der Waals surface area contributed by atoms with E-state index in [9.17, 15) is 5.11 Å². The molecule has 1 atom stereocenters. The number of rotatable bonds is 6. The quantitative estimate of drug-likeness (QED) is 0.777. The Bertz CT molecular complexity index is 612. The van der Waals surface area contributed by atoms with Crippen molar-refractivity contribution in [3.63, 3.8) is 0 Å². The average Bonchev–Trinajstić information content (AvgIpc) is 3.11. The van der Waals surface area contributed by atoms with E-state index in [-0.39, 0.29) is 6.79 Å². The van der Waals surface area contributed by atoms with Gasteiger partial charge in [0.2, 0.25) is 6.79 Å². The third-order valence-corrected chi connectivity index (χ3v) is 3.47. The van der Waals surface area contributed by atoms with Gasteiger partial charge in [0.1, 0.15) is 0 Å². The van der Waals surface area contributed by atoms with Crippen LogP contribution >= 0.6 is 0 Å². The smallest absolute Gasteiger partial charge is 0.231 e. The highest BCUT2D eigenvalue weighted by Crippen LogP contribution is 2.33. The first-order valence-corrected chi connectivity index (χ1v) is 6.98. The third kappa shape index (κ3) is 3.34. The van der Waals surface area contributed by atoms with Crippen LogP contribution in [0.2, 0.25) is 0 Å². The molecule has 0 saturated heterocycles. The van der Waals surface area contributed by atoms with E-state index in [0.29, 0.717) is 12.3 Å². The van der Waals surface area contributed by atoms with Gasteiger partial charge in [-0.2, -0.15) is 5.10 Å². The topological polar surface area (TPSA) is 68.5 Å². The maximum atomic E-state index is 10.2. The van der Waals surface area contributed by atoms with Crippen LogP contribution in [0, 0.1) is 0 Å². The normalized spacial score (nSPS) is 14.4. The summed E-state index contributed by atoms with van der Waals surface area (Å²) in [4.78, 5) is 0. The van der Waals surface area contributed by atoms with E-state index in [1.54, 1.807) is 4.68 Å². The van der Waals surface area contributed by atoms with E-state index >= 15 is 0 Å². The molecule has 6 nitrogen and oxygen atoms in total. The molecule has 0 saturated carbocycles. The van der Waals surface area contributed by atoms with Crippen molar-refractivity contribution in [2.24, 2.45) is 7.05 Å². The van der Waals surface area contributed by atoms with Crippen molar-refractivity contribution in [1.29, 1.82) is 0 Å². The maximum absolute atomic E-state index is 10.2. The molecule has 0 fully saturated rings. The molecule has 2 heterocycles. The molecular weight excluding hydrogens is 270 g/mol. The predicted molar refractivity (Wildman–Crippen MR) is 77.3 cm³/mol. The van der Waals surface area contributed by atoms with Crippen LogP contribution in [0.3, 0.4) is 0 Å². The molecule has 0 amide bonds. The predicted octanol–water partition coefficient (Wildman–Crippen LogP) is 1.01. The summed E-state index contributed by atoms with van der Waals surface area (Å²) in [5.74, 6) is 1.43. The van der Waals surface area contributed by atoms with Crippen molar-refractivity contribution in [1.82, 2.24) is 15.1 Å². The molecule has 6 heteroatoms. The summed E-state index contributed by atoms with van der Waals surface area (Å²) in [6.07, 6.45) is 4.18. The number of hydrogen-bond donors (Lipinski definition) is 2. The largest absolute Gasteiger partial charge is 0.454 e. The summed E-state index contributed by atoms with van der Waals surface area (Å²) in [6.45, 7) is 1.55. The number of benzene rings is 1. The van der Waals surface area contributed by atoms with Gasteiger partial charge in [-0.3, -0.25) is 4.68 Å². The van der Waals surface area contributed by atoms with Crippen molar-refractivity contribution in [3.8, 4) is 11.5 Å². The summed E-state index contributed by atoms with van der Waals surface area (Å²) >= 11 is 0.